The van der Waals surface area contributed by atoms with Gasteiger partial charge in [0.05, 0.1) is 17.7 Å². The predicted octanol–water partition coefficient (Wildman–Crippen LogP) is 1.98. The lowest BCUT2D eigenvalue weighted by Crippen LogP contribution is -2.38. The molecule has 5 nitrogen and oxygen atoms in total. The average molecular weight is 301 g/mol. The van der Waals surface area contributed by atoms with Crippen LogP contribution in [0, 0.1) is 17.2 Å². The van der Waals surface area contributed by atoms with Gasteiger partial charge in [-0.1, -0.05) is 6.07 Å². The molecule has 0 spiro atoms. The minimum Gasteiger partial charge on any atom is -0.393 e. The molecular formula is C17H23N3O2. The van der Waals surface area contributed by atoms with Crippen LogP contribution in [0.2, 0.25) is 0 Å². The molecule has 0 aromatic heterocycles. The maximum atomic E-state index is 12.0. The Morgan fingerprint density at radius 1 is 1.50 bits per heavy atom. The number of carbonyl (C=O) groups excluding carboxylic acids is 1. The van der Waals surface area contributed by atoms with E-state index in [0.29, 0.717) is 23.6 Å². The number of likely N-dealkylation sites (tertiary alicyclic amines) is 1. The van der Waals surface area contributed by atoms with Crippen molar-refractivity contribution in [3.05, 3.63) is 29.8 Å². The third kappa shape index (κ3) is 4.83. The van der Waals surface area contributed by atoms with Gasteiger partial charge >= 0.3 is 0 Å². The number of amides is 1. The molecule has 1 aromatic carbocycles. The van der Waals surface area contributed by atoms with Crippen LogP contribution in [0.5, 0.6) is 0 Å². The van der Waals surface area contributed by atoms with Crippen LogP contribution in [0.15, 0.2) is 24.3 Å². The Kier molecular flexibility index (Phi) is 5.93. The van der Waals surface area contributed by atoms with Crippen molar-refractivity contribution < 1.29 is 9.90 Å². The van der Waals surface area contributed by atoms with Gasteiger partial charge < -0.3 is 15.3 Å². The first-order valence-corrected chi connectivity index (χ1v) is 7.79. The predicted molar refractivity (Wildman–Crippen MR) is 85.2 cm³/mol. The summed E-state index contributed by atoms with van der Waals surface area (Å²) in [5, 5.41) is 21.3. The largest absolute Gasteiger partial charge is 0.393 e. The van der Waals surface area contributed by atoms with Crippen LogP contribution in [-0.4, -0.2) is 41.7 Å². The highest BCUT2D eigenvalue weighted by atomic mass is 16.3. The second-order valence-electron chi connectivity index (χ2n) is 5.91. The van der Waals surface area contributed by atoms with Crippen molar-refractivity contribution in [2.75, 3.05) is 25.0 Å². The minimum absolute atomic E-state index is 0.0345. The summed E-state index contributed by atoms with van der Waals surface area (Å²) in [5.41, 5.74) is 1.20. The van der Waals surface area contributed by atoms with E-state index in [4.69, 9.17) is 5.26 Å². The van der Waals surface area contributed by atoms with Crippen LogP contribution >= 0.6 is 0 Å². The van der Waals surface area contributed by atoms with E-state index >= 15 is 0 Å². The molecule has 2 N–H and O–H groups in total. The Labute approximate surface area is 131 Å². The van der Waals surface area contributed by atoms with Crippen molar-refractivity contribution in [3.8, 4) is 6.07 Å². The van der Waals surface area contributed by atoms with E-state index in [1.54, 1.807) is 24.3 Å². The lowest BCUT2D eigenvalue weighted by atomic mass is 9.92. The van der Waals surface area contributed by atoms with Crippen LogP contribution < -0.4 is 5.32 Å². The molecule has 1 atom stereocenters. The number of carbonyl (C=O) groups is 1. The van der Waals surface area contributed by atoms with E-state index in [1.165, 1.54) is 0 Å². The highest BCUT2D eigenvalue weighted by molar-refractivity contribution is 5.90. The van der Waals surface area contributed by atoms with Gasteiger partial charge in [-0.2, -0.15) is 5.26 Å². The highest BCUT2D eigenvalue weighted by Crippen LogP contribution is 2.20. The Morgan fingerprint density at radius 2 is 2.23 bits per heavy atom. The molecule has 0 radical (unpaired) electrons. The summed E-state index contributed by atoms with van der Waals surface area (Å²) in [5.74, 6) is 0.353. The summed E-state index contributed by atoms with van der Waals surface area (Å²) in [6.07, 6.45) is 2.18. The summed E-state index contributed by atoms with van der Waals surface area (Å²) in [7, 11) is 0. The first-order valence-electron chi connectivity index (χ1n) is 7.79. The lowest BCUT2D eigenvalue weighted by molar-refractivity contribution is -0.116. The van der Waals surface area contributed by atoms with Gasteiger partial charge in [0.25, 0.3) is 0 Å². The molecule has 1 unspecified atom stereocenters. The quantitative estimate of drug-likeness (QED) is 0.872. The van der Waals surface area contributed by atoms with E-state index in [2.05, 4.69) is 16.3 Å². The number of nitrogens with zero attached hydrogens (tertiary/aromatic N) is 2. The van der Waals surface area contributed by atoms with E-state index in [9.17, 15) is 9.90 Å². The maximum absolute atomic E-state index is 12.0. The normalized spacial score (nSPS) is 17.7. The molecule has 2 rings (SSSR count). The summed E-state index contributed by atoms with van der Waals surface area (Å²) < 4.78 is 0. The fraction of sp³-hybridized carbons (Fsp3) is 0.529. The molecule has 1 saturated heterocycles. The Hall–Kier alpha value is -1.90. The van der Waals surface area contributed by atoms with Crippen molar-refractivity contribution in [2.45, 2.75) is 32.3 Å². The number of anilines is 1. The number of rotatable bonds is 5. The van der Waals surface area contributed by atoms with Crippen LogP contribution in [0.25, 0.3) is 0 Å². The molecule has 118 valence electrons. The number of nitrogens with one attached hydrogen (secondary N) is 1. The van der Waals surface area contributed by atoms with Crippen molar-refractivity contribution >= 4 is 11.6 Å². The monoisotopic (exact) mass is 301 g/mol. The molecule has 1 fully saturated rings. The number of nitriles is 1. The number of benzene rings is 1. The first kappa shape index (κ1) is 16.5. The zero-order chi connectivity index (χ0) is 15.9. The molecule has 1 aliphatic heterocycles. The lowest BCUT2D eigenvalue weighted by Gasteiger charge is -2.33. The number of aliphatic hydroxyl groups is 1. The van der Waals surface area contributed by atoms with Crippen LogP contribution in [0.4, 0.5) is 5.69 Å². The Balaban J connectivity index is 1.73. The topological polar surface area (TPSA) is 76.4 Å². The summed E-state index contributed by atoms with van der Waals surface area (Å²) in [4.78, 5) is 14.2. The second kappa shape index (κ2) is 7.92. The standard InChI is InChI=1S/C17H23N3O2/c1-13(21)15-5-8-20(9-6-15)10-7-17(22)19-16-4-2-3-14(11-16)12-18/h2-4,11,13,15,21H,5-10H2,1H3,(H,19,22). The van der Waals surface area contributed by atoms with Gasteiger partial charge in [-0.3, -0.25) is 4.79 Å². The van der Waals surface area contributed by atoms with Gasteiger partial charge in [-0.15, -0.1) is 0 Å². The molecule has 0 bridgehead atoms. The molecule has 0 saturated carbocycles. The fourth-order valence-corrected chi connectivity index (χ4v) is 2.81. The number of piperidine rings is 1. The van der Waals surface area contributed by atoms with Gasteiger partial charge in [0.2, 0.25) is 5.91 Å². The van der Waals surface area contributed by atoms with Gasteiger partial charge in [0.1, 0.15) is 0 Å². The number of hydrogen-bond acceptors (Lipinski definition) is 4. The third-order valence-electron chi connectivity index (χ3n) is 4.24. The number of hydrogen-bond donors (Lipinski definition) is 2. The number of aliphatic hydroxyl groups excluding tert-OH is 1. The van der Waals surface area contributed by atoms with Gasteiger partial charge in [-0.05, 0) is 57.0 Å². The highest BCUT2D eigenvalue weighted by Gasteiger charge is 2.22. The van der Waals surface area contributed by atoms with Crippen molar-refractivity contribution in [1.82, 2.24) is 4.90 Å². The zero-order valence-corrected chi connectivity index (χ0v) is 13.0. The Bertz CT molecular complexity index is 543. The van der Waals surface area contributed by atoms with E-state index in [1.807, 2.05) is 6.92 Å². The van der Waals surface area contributed by atoms with Crippen LogP contribution in [-0.2, 0) is 4.79 Å². The molecule has 22 heavy (non-hydrogen) atoms. The third-order valence-corrected chi connectivity index (χ3v) is 4.24. The first-order chi connectivity index (χ1) is 10.6. The SMILES string of the molecule is CC(O)C1CCN(CCC(=O)Nc2cccc(C#N)c2)CC1. The summed E-state index contributed by atoms with van der Waals surface area (Å²) in [6, 6.07) is 8.98. The minimum atomic E-state index is -0.238. The summed E-state index contributed by atoms with van der Waals surface area (Å²) in [6.45, 7) is 4.46. The van der Waals surface area contributed by atoms with Crippen LogP contribution in [0.1, 0.15) is 31.7 Å². The molecule has 0 aliphatic carbocycles. The molecule has 1 amide bonds. The smallest absolute Gasteiger partial charge is 0.225 e. The van der Waals surface area contributed by atoms with E-state index in [-0.39, 0.29) is 12.0 Å². The van der Waals surface area contributed by atoms with Crippen molar-refractivity contribution in [2.24, 2.45) is 5.92 Å². The molecular weight excluding hydrogens is 278 g/mol. The molecule has 1 aromatic rings. The van der Waals surface area contributed by atoms with Gasteiger partial charge in [-0.25, -0.2) is 0 Å². The summed E-state index contributed by atoms with van der Waals surface area (Å²) >= 11 is 0. The second-order valence-corrected chi connectivity index (χ2v) is 5.91. The van der Waals surface area contributed by atoms with Crippen LogP contribution in [0.3, 0.4) is 0 Å². The Morgan fingerprint density at radius 3 is 2.86 bits per heavy atom. The molecule has 5 heteroatoms. The molecule has 1 heterocycles. The molecule has 1 aliphatic rings. The van der Waals surface area contributed by atoms with Gasteiger partial charge in [0.15, 0.2) is 0 Å². The average Bonchev–Trinajstić information content (AvgIpc) is 2.53. The zero-order valence-electron chi connectivity index (χ0n) is 13.0. The fourth-order valence-electron chi connectivity index (χ4n) is 2.81. The van der Waals surface area contributed by atoms with Crippen molar-refractivity contribution in [3.63, 3.8) is 0 Å². The van der Waals surface area contributed by atoms with E-state index < -0.39 is 0 Å². The maximum Gasteiger partial charge on any atom is 0.225 e. The van der Waals surface area contributed by atoms with Gasteiger partial charge in [0, 0.05) is 18.7 Å². The van der Waals surface area contributed by atoms with E-state index in [0.717, 1.165) is 32.5 Å². The van der Waals surface area contributed by atoms with Crippen molar-refractivity contribution in [1.29, 1.82) is 5.26 Å².